The van der Waals surface area contributed by atoms with Gasteiger partial charge in [0.25, 0.3) is 0 Å². The number of nitrogens with one attached hydrogen (secondary N) is 3. The van der Waals surface area contributed by atoms with Gasteiger partial charge >= 0.3 is 0 Å². The van der Waals surface area contributed by atoms with Crippen LogP contribution in [0.25, 0.3) is 55.6 Å². The molecule has 12 heteroatoms. The van der Waals surface area contributed by atoms with Crippen LogP contribution in [0.5, 0.6) is 0 Å². The van der Waals surface area contributed by atoms with E-state index in [1.807, 2.05) is 44.2 Å². The lowest BCUT2D eigenvalue weighted by Gasteiger charge is -2.12. The fourth-order valence-corrected chi connectivity index (χ4v) is 5.57. The molecule has 0 radical (unpaired) electrons. The number of aromatic nitrogens is 5. The van der Waals surface area contributed by atoms with E-state index in [9.17, 15) is 17.6 Å². The Balaban J connectivity index is 1.41. The molecule has 4 aromatic heterocycles. The Hall–Kier alpha value is -4.94. The first-order chi connectivity index (χ1) is 20.5. The SMILES string of the molecule is CC(C)C(=O)Nc1cncc(-c2ccc3[nH]nc(-c4cc5c(-c6cc(F)cc(C(N)S(C)(=O)=O)c6)ccnc5[nH]4)c3c2)c1. The zero-order valence-corrected chi connectivity index (χ0v) is 24.3. The van der Waals surface area contributed by atoms with Crippen LogP contribution in [0.2, 0.25) is 0 Å². The largest absolute Gasteiger partial charge is 0.338 e. The standard InChI is InChI=1S/C31H28FN7O3S/c1-16(2)31(40)36-22-11-20(14-34-15-22)17-4-5-26-25(12-17)28(39-38-26)27-13-24-23(6-7-35-30(24)37-27)18-8-19(10-21(32)9-18)29(33)43(3,41)42/h4-16,29H,33H2,1-3H3,(H,35,37)(H,36,40)(H,38,39). The summed E-state index contributed by atoms with van der Waals surface area (Å²) in [6.07, 6.45) is 5.95. The fraction of sp³-hybridized carbons (Fsp3) is 0.161. The predicted molar refractivity (Wildman–Crippen MR) is 165 cm³/mol. The van der Waals surface area contributed by atoms with Gasteiger partial charge in [-0.25, -0.2) is 17.8 Å². The Morgan fingerprint density at radius 1 is 0.977 bits per heavy atom. The van der Waals surface area contributed by atoms with Gasteiger partial charge in [-0.15, -0.1) is 0 Å². The van der Waals surface area contributed by atoms with Crippen LogP contribution in [-0.4, -0.2) is 45.7 Å². The highest BCUT2D eigenvalue weighted by atomic mass is 32.2. The summed E-state index contributed by atoms with van der Waals surface area (Å²) in [7, 11) is -3.64. The molecular formula is C31H28FN7O3S. The van der Waals surface area contributed by atoms with E-state index >= 15 is 0 Å². The lowest BCUT2D eigenvalue weighted by Crippen LogP contribution is -2.20. The molecule has 0 spiro atoms. The fourth-order valence-electron chi connectivity index (χ4n) is 4.94. The van der Waals surface area contributed by atoms with E-state index in [0.29, 0.717) is 39.2 Å². The molecule has 0 aliphatic rings. The first-order valence-corrected chi connectivity index (χ1v) is 15.4. The van der Waals surface area contributed by atoms with Gasteiger partial charge in [-0.05, 0) is 70.8 Å². The maximum atomic E-state index is 14.7. The van der Waals surface area contributed by atoms with Crippen molar-refractivity contribution in [2.45, 2.75) is 19.2 Å². The second-order valence-corrected chi connectivity index (χ2v) is 12.9. The van der Waals surface area contributed by atoms with Crippen molar-refractivity contribution < 1.29 is 17.6 Å². The van der Waals surface area contributed by atoms with E-state index in [4.69, 9.17) is 5.73 Å². The van der Waals surface area contributed by atoms with Crippen molar-refractivity contribution in [3.8, 4) is 33.6 Å². The molecule has 0 fully saturated rings. The number of benzene rings is 2. The molecule has 1 unspecified atom stereocenters. The summed E-state index contributed by atoms with van der Waals surface area (Å²) in [5, 5.41) is 10.7. The molecule has 1 atom stereocenters. The first-order valence-electron chi connectivity index (χ1n) is 13.5. The molecule has 43 heavy (non-hydrogen) atoms. The van der Waals surface area contributed by atoms with Gasteiger partial charge in [0.1, 0.15) is 22.5 Å². The second kappa shape index (κ2) is 10.7. The quantitative estimate of drug-likeness (QED) is 0.187. The highest BCUT2D eigenvalue weighted by molar-refractivity contribution is 7.90. The van der Waals surface area contributed by atoms with Crippen LogP contribution in [0.15, 0.2) is 73.2 Å². The number of aromatic amines is 2. The Kier molecular flexibility index (Phi) is 7.03. The number of H-pyrrole nitrogens is 2. The molecule has 0 bridgehead atoms. The van der Waals surface area contributed by atoms with E-state index < -0.39 is 21.0 Å². The summed E-state index contributed by atoms with van der Waals surface area (Å²) in [5.41, 5.74) is 12.2. The summed E-state index contributed by atoms with van der Waals surface area (Å²) in [4.78, 5) is 24.3. The Morgan fingerprint density at radius 2 is 1.79 bits per heavy atom. The van der Waals surface area contributed by atoms with Crippen LogP contribution in [0.4, 0.5) is 10.1 Å². The summed E-state index contributed by atoms with van der Waals surface area (Å²) in [5.74, 6) is -0.848. The molecule has 5 N–H and O–H groups in total. The number of amides is 1. The highest BCUT2D eigenvalue weighted by Crippen LogP contribution is 2.36. The number of carbonyl (C=O) groups is 1. The average molecular weight is 598 g/mol. The van der Waals surface area contributed by atoms with Gasteiger partial charge in [0, 0.05) is 40.9 Å². The third kappa shape index (κ3) is 5.49. The van der Waals surface area contributed by atoms with Crippen LogP contribution in [0.1, 0.15) is 24.8 Å². The van der Waals surface area contributed by atoms with E-state index in [2.05, 4.69) is 30.5 Å². The van der Waals surface area contributed by atoms with E-state index in [-0.39, 0.29) is 17.4 Å². The molecule has 0 aliphatic heterocycles. The number of rotatable bonds is 7. The van der Waals surface area contributed by atoms with Crippen LogP contribution in [-0.2, 0) is 14.6 Å². The Labute approximate surface area is 246 Å². The Bertz CT molecular complexity index is 2140. The normalized spacial score (nSPS) is 12.7. The van der Waals surface area contributed by atoms with Crippen molar-refractivity contribution in [1.29, 1.82) is 0 Å². The maximum absolute atomic E-state index is 14.7. The number of pyridine rings is 2. The summed E-state index contributed by atoms with van der Waals surface area (Å²) in [6, 6.07) is 15.4. The van der Waals surface area contributed by atoms with Crippen molar-refractivity contribution in [3.05, 3.63) is 84.6 Å². The van der Waals surface area contributed by atoms with Crippen molar-refractivity contribution in [2.75, 3.05) is 11.6 Å². The van der Waals surface area contributed by atoms with Crippen LogP contribution in [0.3, 0.4) is 0 Å². The Morgan fingerprint density at radius 3 is 2.56 bits per heavy atom. The first kappa shape index (κ1) is 28.2. The highest BCUT2D eigenvalue weighted by Gasteiger charge is 2.21. The number of carbonyl (C=O) groups excluding carboxylic acids is 1. The number of nitrogens with zero attached hydrogens (tertiary/aromatic N) is 3. The molecule has 0 saturated heterocycles. The van der Waals surface area contributed by atoms with Gasteiger partial charge in [0.2, 0.25) is 5.91 Å². The summed E-state index contributed by atoms with van der Waals surface area (Å²) >= 11 is 0. The smallest absolute Gasteiger partial charge is 0.226 e. The minimum absolute atomic E-state index is 0.0916. The topological polar surface area (TPSA) is 160 Å². The van der Waals surface area contributed by atoms with Crippen molar-refractivity contribution in [1.82, 2.24) is 25.1 Å². The number of sulfone groups is 1. The van der Waals surface area contributed by atoms with E-state index in [1.165, 1.54) is 6.07 Å². The van der Waals surface area contributed by atoms with Gasteiger partial charge in [-0.1, -0.05) is 19.9 Å². The molecule has 1 amide bonds. The van der Waals surface area contributed by atoms with Crippen molar-refractivity contribution >= 4 is 43.4 Å². The van der Waals surface area contributed by atoms with Crippen molar-refractivity contribution in [3.63, 3.8) is 0 Å². The average Bonchev–Trinajstić information content (AvgIpc) is 3.59. The summed E-state index contributed by atoms with van der Waals surface area (Å²) in [6.45, 7) is 3.65. The van der Waals surface area contributed by atoms with E-state index in [0.717, 1.165) is 34.4 Å². The molecule has 4 heterocycles. The number of halogens is 1. The zero-order chi connectivity index (χ0) is 30.5. The molecule has 0 aliphatic carbocycles. The van der Waals surface area contributed by atoms with Gasteiger partial charge in [0.05, 0.1) is 23.1 Å². The van der Waals surface area contributed by atoms with Crippen LogP contribution < -0.4 is 11.1 Å². The molecule has 0 saturated carbocycles. The molecule has 2 aromatic carbocycles. The third-order valence-corrected chi connectivity index (χ3v) is 8.43. The second-order valence-electron chi connectivity index (χ2n) is 10.8. The molecule has 6 aromatic rings. The third-order valence-electron chi connectivity index (χ3n) is 7.23. The van der Waals surface area contributed by atoms with Gasteiger partial charge in [0.15, 0.2) is 9.84 Å². The number of hydrogen-bond acceptors (Lipinski definition) is 7. The number of fused-ring (bicyclic) bond motifs is 2. The minimum atomic E-state index is -3.64. The van der Waals surface area contributed by atoms with Crippen molar-refractivity contribution in [2.24, 2.45) is 11.7 Å². The van der Waals surface area contributed by atoms with Crippen LogP contribution in [0, 0.1) is 11.7 Å². The number of nitrogens with two attached hydrogens (primary N) is 1. The summed E-state index contributed by atoms with van der Waals surface area (Å²) < 4.78 is 38.8. The van der Waals surface area contributed by atoms with Gasteiger partial charge in [-0.3, -0.25) is 14.9 Å². The monoisotopic (exact) mass is 597 g/mol. The molecule has 218 valence electrons. The predicted octanol–water partition coefficient (Wildman–Crippen LogP) is 5.57. The van der Waals surface area contributed by atoms with Gasteiger partial charge in [-0.2, -0.15) is 5.10 Å². The number of anilines is 1. The molecule has 6 rings (SSSR count). The maximum Gasteiger partial charge on any atom is 0.226 e. The lowest BCUT2D eigenvalue weighted by atomic mass is 10.0. The van der Waals surface area contributed by atoms with Gasteiger partial charge < -0.3 is 16.0 Å². The lowest BCUT2D eigenvalue weighted by molar-refractivity contribution is -0.118. The number of hydrogen-bond donors (Lipinski definition) is 4. The molecular weight excluding hydrogens is 569 g/mol. The van der Waals surface area contributed by atoms with Crippen LogP contribution >= 0.6 is 0 Å². The molecule has 10 nitrogen and oxygen atoms in total. The minimum Gasteiger partial charge on any atom is -0.338 e. The van der Waals surface area contributed by atoms with E-state index in [1.54, 1.807) is 30.7 Å². The zero-order valence-electron chi connectivity index (χ0n) is 23.5.